The maximum absolute atomic E-state index is 9.87. The lowest BCUT2D eigenvalue weighted by molar-refractivity contribution is 0.124. The first-order valence-corrected chi connectivity index (χ1v) is 6.12. The van der Waals surface area contributed by atoms with Gasteiger partial charge in [-0.3, -0.25) is 0 Å². The van der Waals surface area contributed by atoms with E-state index in [1.807, 2.05) is 0 Å². The summed E-state index contributed by atoms with van der Waals surface area (Å²) < 4.78 is 6.26. The molecular formula is C9H7Br2ClO2. The molecule has 0 aliphatic carbocycles. The van der Waals surface area contributed by atoms with Gasteiger partial charge in [0.15, 0.2) is 0 Å². The Morgan fingerprint density at radius 1 is 1.50 bits per heavy atom. The molecule has 0 fully saturated rings. The maximum Gasteiger partial charge on any atom is 0.139 e. The predicted octanol–water partition coefficient (Wildman–Crippen LogP) is 3.29. The Kier molecular flexibility index (Phi) is 3.07. The minimum Gasteiger partial charge on any atom is -0.491 e. The first kappa shape index (κ1) is 10.7. The molecule has 0 saturated carbocycles. The van der Waals surface area contributed by atoms with Crippen LogP contribution in [0.4, 0.5) is 0 Å². The van der Waals surface area contributed by atoms with Gasteiger partial charge in [0.25, 0.3) is 0 Å². The molecule has 1 aromatic rings. The molecule has 2 nitrogen and oxygen atoms in total. The Morgan fingerprint density at radius 2 is 2.21 bits per heavy atom. The quantitative estimate of drug-likeness (QED) is 0.733. The predicted molar refractivity (Wildman–Crippen MR) is 62.3 cm³/mol. The molecule has 0 aromatic heterocycles. The van der Waals surface area contributed by atoms with Crippen molar-refractivity contribution in [1.29, 1.82) is 0 Å². The monoisotopic (exact) mass is 340 g/mol. The van der Waals surface area contributed by atoms with E-state index in [2.05, 4.69) is 31.9 Å². The number of aliphatic hydroxyl groups excluding tert-OH is 1. The minimum atomic E-state index is -0.575. The minimum absolute atomic E-state index is 0.0830. The standard InChI is InChI=1S/C9H7Br2ClO2/c10-6-2-4(12)1-5-8(13)7(11)3-14-9(5)6/h1-2,7-8,13H,3H2. The maximum atomic E-state index is 9.87. The number of rotatable bonds is 0. The Morgan fingerprint density at radius 3 is 2.93 bits per heavy atom. The Bertz CT molecular complexity index is 370. The number of ether oxygens (including phenoxy) is 1. The number of alkyl halides is 1. The van der Waals surface area contributed by atoms with Crippen molar-refractivity contribution in [2.24, 2.45) is 0 Å². The summed E-state index contributed by atoms with van der Waals surface area (Å²) in [5, 5.41) is 10.5. The number of fused-ring (bicyclic) bond motifs is 1. The van der Waals surface area contributed by atoms with Crippen molar-refractivity contribution >= 4 is 43.5 Å². The third-order valence-electron chi connectivity index (χ3n) is 2.09. The van der Waals surface area contributed by atoms with Crippen molar-refractivity contribution in [3.05, 3.63) is 27.2 Å². The third-order valence-corrected chi connectivity index (χ3v) is 3.66. The number of halogens is 3. The van der Waals surface area contributed by atoms with E-state index in [1.165, 1.54) is 0 Å². The van der Waals surface area contributed by atoms with Crippen LogP contribution < -0.4 is 4.74 Å². The van der Waals surface area contributed by atoms with Crippen LogP contribution in [-0.2, 0) is 0 Å². The van der Waals surface area contributed by atoms with Crippen molar-refractivity contribution in [2.45, 2.75) is 10.9 Å². The summed E-state index contributed by atoms with van der Waals surface area (Å²) >= 11 is 12.6. The molecule has 76 valence electrons. The summed E-state index contributed by atoms with van der Waals surface area (Å²) in [6, 6.07) is 3.47. The summed E-state index contributed by atoms with van der Waals surface area (Å²) in [7, 11) is 0. The van der Waals surface area contributed by atoms with E-state index in [9.17, 15) is 5.11 Å². The van der Waals surface area contributed by atoms with Crippen LogP contribution in [0.2, 0.25) is 5.02 Å². The van der Waals surface area contributed by atoms with Gasteiger partial charge < -0.3 is 9.84 Å². The van der Waals surface area contributed by atoms with E-state index in [-0.39, 0.29) is 4.83 Å². The number of benzene rings is 1. The van der Waals surface area contributed by atoms with Gasteiger partial charge in [-0.05, 0) is 28.1 Å². The SMILES string of the molecule is OC1c2cc(Cl)cc(Br)c2OCC1Br. The summed E-state index contributed by atoms with van der Waals surface area (Å²) in [5.74, 6) is 0.678. The Labute approximate surface area is 103 Å². The second kappa shape index (κ2) is 4.00. The molecule has 1 N–H and O–H groups in total. The number of aliphatic hydroxyl groups is 1. The molecule has 0 spiro atoms. The topological polar surface area (TPSA) is 29.5 Å². The Balaban J connectivity index is 2.54. The smallest absolute Gasteiger partial charge is 0.139 e. The molecule has 1 aliphatic rings. The average molecular weight is 342 g/mol. The highest BCUT2D eigenvalue weighted by Crippen LogP contribution is 2.41. The summed E-state index contributed by atoms with van der Waals surface area (Å²) in [6.45, 7) is 0.453. The van der Waals surface area contributed by atoms with E-state index in [0.29, 0.717) is 17.4 Å². The Hall–Kier alpha value is 0.230. The fraction of sp³-hybridized carbons (Fsp3) is 0.333. The van der Waals surface area contributed by atoms with Crippen molar-refractivity contribution in [3.8, 4) is 5.75 Å². The van der Waals surface area contributed by atoms with Crippen molar-refractivity contribution in [2.75, 3.05) is 6.61 Å². The lowest BCUT2D eigenvalue weighted by Gasteiger charge is -2.27. The van der Waals surface area contributed by atoms with E-state index in [4.69, 9.17) is 16.3 Å². The molecule has 2 unspecified atom stereocenters. The second-order valence-corrected chi connectivity index (χ2v) is 5.54. The molecule has 0 radical (unpaired) electrons. The molecule has 0 saturated heterocycles. The third kappa shape index (κ3) is 1.81. The van der Waals surface area contributed by atoms with Gasteiger partial charge in [0.2, 0.25) is 0 Å². The van der Waals surface area contributed by atoms with Gasteiger partial charge in [0, 0.05) is 10.6 Å². The van der Waals surface area contributed by atoms with Gasteiger partial charge in [0.1, 0.15) is 12.4 Å². The molecule has 5 heteroatoms. The van der Waals surface area contributed by atoms with E-state index in [1.54, 1.807) is 12.1 Å². The molecule has 2 atom stereocenters. The van der Waals surface area contributed by atoms with Gasteiger partial charge in [-0.2, -0.15) is 0 Å². The summed E-state index contributed by atoms with van der Waals surface area (Å²) in [4.78, 5) is -0.0830. The van der Waals surface area contributed by atoms with Crippen LogP contribution in [0.3, 0.4) is 0 Å². The van der Waals surface area contributed by atoms with Crippen LogP contribution in [0.5, 0.6) is 5.75 Å². The average Bonchev–Trinajstić information content (AvgIpc) is 2.12. The first-order valence-electron chi connectivity index (χ1n) is 4.03. The normalized spacial score (nSPS) is 25.4. The van der Waals surface area contributed by atoms with Crippen molar-refractivity contribution in [1.82, 2.24) is 0 Å². The first-order chi connectivity index (χ1) is 6.59. The highest BCUT2D eigenvalue weighted by molar-refractivity contribution is 9.10. The zero-order valence-corrected chi connectivity index (χ0v) is 10.9. The molecule has 0 bridgehead atoms. The highest BCUT2D eigenvalue weighted by Gasteiger charge is 2.29. The molecule has 1 aromatic carbocycles. The second-order valence-electron chi connectivity index (χ2n) is 3.08. The van der Waals surface area contributed by atoms with Gasteiger partial charge in [-0.25, -0.2) is 0 Å². The molecular weight excluding hydrogens is 335 g/mol. The van der Waals surface area contributed by atoms with Gasteiger partial charge in [-0.15, -0.1) is 0 Å². The molecule has 1 heterocycles. The van der Waals surface area contributed by atoms with Gasteiger partial charge >= 0.3 is 0 Å². The van der Waals surface area contributed by atoms with Crippen LogP contribution >= 0.6 is 43.5 Å². The van der Waals surface area contributed by atoms with E-state index < -0.39 is 6.10 Å². The lowest BCUT2D eigenvalue weighted by Crippen LogP contribution is -2.26. The lowest BCUT2D eigenvalue weighted by atomic mass is 10.0. The van der Waals surface area contributed by atoms with Crippen molar-refractivity contribution in [3.63, 3.8) is 0 Å². The molecule has 0 amide bonds. The largest absolute Gasteiger partial charge is 0.491 e. The molecule has 14 heavy (non-hydrogen) atoms. The fourth-order valence-electron chi connectivity index (χ4n) is 1.40. The van der Waals surface area contributed by atoms with Crippen LogP contribution in [0, 0.1) is 0 Å². The van der Waals surface area contributed by atoms with E-state index >= 15 is 0 Å². The zero-order chi connectivity index (χ0) is 10.3. The van der Waals surface area contributed by atoms with Gasteiger partial charge in [-0.1, -0.05) is 27.5 Å². The highest BCUT2D eigenvalue weighted by atomic mass is 79.9. The van der Waals surface area contributed by atoms with Gasteiger partial charge in [0.05, 0.1) is 15.4 Å². The van der Waals surface area contributed by atoms with Crippen LogP contribution in [0.25, 0.3) is 0 Å². The van der Waals surface area contributed by atoms with Crippen LogP contribution in [-0.4, -0.2) is 16.5 Å². The molecule has 1 aliphatic heterocycles. The van der Waals surface area contributed by atoms with Crippen LogP contribution in [0.15, 0.2) is 16.6 Å². The summed E-state index contributed by atoms with van der Waals surface area (Å²) in [6.07, 6.45) is -0.575. The number of hydrogen-bond acceptors (Lipinski definition) is 2. The van der Waals surface area contributed by atoms with Crippen molar-refractivity contribution < 1.29 is 9.84 Å². The summed E-state index contributed by atoms with van der Waals surface area (Å²) in [5.41, 5.74) is 0.720. The zero-order valence-electron chi connectivity index (χ0n) is 7.01. The number of hydrogen-bond donors (Lipinski definition) is 1. The van der Waals surface area contributed by atoms with E-state index in [0.717, 1.165) is 10.0 Å². The van der Waals surface area contributed by atoms with Crippen LogP contribution in [0.1, 0.15) is 11.7 Å². The molecule has 2 rings (SSSR count). The fourth-order valence-corrected chi connectivity index (χ4v) is 2.77.